The van der Waals surface area contributed by atoms with Crippen LogP contribution in [0.15, 0.2) is 0 Å². The third-order valence-corrected chi connectivity index (χ3v) is 2.66. The van der Waals surface area contributed by atoms with E-state index in [1.807, 2.05) is 6.92 Å². The van der Waals surface area contributed by atoms with E-state index in [1.165, 1.54) is 7.11 Å². The van der Waals surface area contributed by atoms with Gasteiger partial charge in [0.1, 0.15) is 0 Å². The van der Waals surface area contributed by atoms with E-state index in [0.29, 0.717) is 13.0 Å². The highest BCUT2D eigenvalue weighted by atomic mass is 16.5. The van der Waals surface area contributed by atoms with Gasteiger partial charge in [-0.3, -0.25) is 4.79 Å². The highest BCUT2D eigenvalue weighted by molar-refractivity contribution is 5.71. The van der Waals surface area contributed by atoms with Crippen molar-refractivity contribution in [2.75, 3.05) is 13.7 Å². The molecule has 0 heterocycles. The molecular formula is C11H16O3. The lowest BCUT2D eigenvalue weighted by Gasteiger charge is -2.42. The Morgan fingerprint density at radius 2 is 2.29 bits per heavy atom. The maximum atomic E-state index is 11.1. The van der Waals surface area contributed by atoms with Crippen molar-refractivity contribution in [3.63, 3.8) is 0 Å². The number of ether oxygens (including phenoxy) is 2. The Labute approximate surface area is 84.8 Å². The second-order valence-corrected chi connectivity index (χ2v) is 3.66. The van der Waals surface area contributed by atoms with Gasteiger partial charge in [0.15, 0.2) is 0 Å². The largest absolute Gasteiger partial charge is 0.469 e. The van der Waals surface area contributed by atoms with Gasteiger partial charge in [0, 0.05) is 12.0 Å². The molecular weight excluding hydrogens is 180 g/mol. The standard InChI is InChI=1S/C11H16O3/c1-4-11(8-10(12)13-3)6-9(7-11)14-5-2/h1,9H,5-8H2,2-3H3. The summed E-state index contributed by atoms with van der Waals surface area (Å²) < 4.78 is 10.0. The van der Waals surface area contributed by atoms with E-state index in [1.54, 1.807) is 0 Å². The van der Waals surface area contributed by atoms with Gasteiger partial charge in [-0.2, -0.15) is 0 Å². The fourth-order valence-electron chi connectivity index (χ4n) is 1.83. The predicted octanol–water partition coefficient (Wildman–Crippen LogP) is 1.37. The van der Waals surface area contributed by atoms with Crippen LogP contribution in [0.25, 0.3) is 0 Å². The molecule has 0 saturated heterocycles. The summed E-state index contributed by atoms with van der Waals surface area (Å²) in [6.45, 7) is 2.65. The van der Waals surface area contributed by atoms with Crippen molar-refractivity contribution in [2.45, 2.75) is 32.3 Å². The molecule has 1 aliphatic carbocycles. The van der Waals surface area contributed by atoms with E-state index >= 15 is 0 Å². The summed E-state index contributed by atoms with van der Waals surface area (Å²) in [7, 11) is 1.38. The van der Waals surface area contributed by atoms with Crippen LogP contribution < -0.4 is 0 Å². The first-order chi connectivity index (χ1) is 6.65. The summed E-state index contributed by atoms with van der Waals surface area (Å²) in [5.41, 5.74) is -0.313. The number of carbonyl (C=O) groups is 1. The molecule has 0 aliphatic heterocycles. The molecule has 1 saturated carbocycles. The van der Waals surface area contributed by atoms with Gasteiger partial charge in [-0.1, -0.05) is 5.92 Å². The average molecular weight is 196 g/mol. The maximum absolute atomic E-state index is 11.1. The fraction of sp³-hybridized carbons (Fsp3) is 0.727. The van der Waals surface area contributed by atoms with Crippen LogP contribution >= 0.6 is 0 Å². The van der Waals surface area contributed by atoms with Crippen molar-refractivity contribution >= 4 is 5.97 Å². The first kappa shape index (κ1) is 11.1. The minimum absolute atomic E-state index is 0.223. The molecule has 1 aliphatic rings. The van der Waals surface area contributed by atoms with Gasteiger partial charge in [0.25, 0.3) is 0 Å². The molecule has 3 nitrogen and oxygen atoms in total. The molecule has 0 aromatic rings. The molecule has 0 amide bonds. The van der Waals surface area contributed by atoms with E-state index in [0.717, 1.165) is 12.8 Å². The second kappa shape index (κ2) is 4.47. The van der Waals surface area contributed by atoms with E-state index in [2.05, 4.69) is 10.7 Å². The normalized spacial score (nSPS) is 30.2. The minimum atomic E-state index is -0.313. The van der Waals surface area contributed by atoms with Gasteiger partial charge < -0.3 is 9.47 Å². The van der Waals surface area contributed by atoms with Crippen molar-refractivity contribution in [1.29, 1.82) is 0 Å². The number of hydrogen-bond acceptors (Lipinski definition) is 3. The van der Waals surface area contributed by atoms with Crippen LogP contribution in [0.4, 0.5) is 0 Å². The molecule has 1 fully saturated rings. The summed E-state index contributed by atoms with van der Waals surface area (Å²) in [6.07, 6.45) is 7.49. The Bertz CT molecular complexity index is 246. The Kier molecular flexibility index (Phi) is 3.54. The van der Waals surface area contributed by atoms with Crippen LogP contribution in [0.3, 0.4) is 0 Å². The van der Waals surface area contributed by atoms with Gasteiger partial charge in [0.2, 0.25) is 0 Å². The SMILES string of the molecule is C#CC1(CC(=O)OC)CC(OCC)C1. The lowest BCUT2D eigenvalue weighted by atomic mass is 9.65. The second-order valence-electron chi connectivity index (χ2n) is 3.66. The van der Waals surface area contributed by atoms with Crippen molar-refractivity contribution in [1.82, 2.24) is 0 Å². The zero-order valence-corrected chi connectivity index (χ0v) is 8.71. The monoisotopic (exact) mass is 196 g/mol. The highest BCUT2D eigenvalue weighted by Gasteiger charge is 2.45. The smallest absolute Gasteiger partial charge is 0.307 e. The Morgan fingerprint density at radius 1 is 1.64 bits per heavy atom. The summed E-state index contributed by atoms with van der Waals surface area (Å²) in [5, 5.41) is 0. The van der Waals surface area contributed by atoms with Crippen molar-refractivity contribution in [3.8, 4) is 12.3 Å². The van der Waals surface area contributed by atoms with Gasteiger partial charge >= 0.3 is 5.97 Å². The topological polar surface area (TPSA) is 35.5 Å². The minimum Gasteiger partial charge on any atom is -0.469 e. The van der Waals surface area contributed by atoms with E-state index in [4.69, 9.17) is 11.2 Å². The van der Waals surface area contributed by atoms with Gasteiger partial charge in [0.05, 0.1) is 19.6 Å². The first-order valence-electron chi connectivity index (χ1n) is 4.82. The Hall–Kier alpha value is -1.01. The predicted molar refractivity (Wildman–Crippen MR) is 52.5 cm³/mol. The first-order valence-corrected chi connectivity index (χ1v) is 4.82. The van der Waals surface area contributed by atoms with Crippen LogP contribution in [0.2, 0.25) is 0 Å². The molecule has 0 aromatic carbocycles. The Balaban J connectivity index is 2.42. The number of hydrogen-bond donors (Lipinski definition) is 0. The van der Waals surface area contributed by atoms with Crippen LogP contribution in [-0.2, 0) is 14.3 Å². The quantitative estimate of drug-likeness (QED) is 0.503. The molecule has 14 heavy (non-hydrogen) atoms. The van der Waals surface area contributed by atoms with Crippen molar-refractivity contribution < 1.29 is 14.3 Å². The molecule has 0 atom stereocenters. The van der Waals surface area contributed by atoms with Gasteiger partial charge in [-0.05, 0) is 19.8 Å². The number of methoxy groups -OCH3 is 1. The molecule has 0 N–H and O–H groups in total. The van der Waals surface area contributed by atoms with Crippen LogP contribution in [0.1, 0.15) is 26.2 Å². The molecule has 0 aromatic heterocycles. The molecule has 0 bridgehead atoms. The van der Waals surface area contributed by atoms with Crippen LogP contribution in [0.5, 0.6) is 0 Å². The number of terminal acetylenes is 1. The molecule has 0 radical (unpaired) electrons. The maximum Gasteiger partial charge on any atom is 0.307 e. The van der Waals surface area contributed by atoms with Gasteiger partial charge in [-0.25, -0.2) is 0 Å². The lowest BCUT2D eigenvalue weighted by molar-refractivity contribution is -0.146. The average Bonchev–Trinajstić information content (AvgIpc) is 2.14. The highest BCUT2D eigenvalue weighted by Crippen LogP contribution is 2.45. The fourth-order valence-corrected chi connectivity index (χ4v) is 1.83. The molecule has 3 heteroatoms. The zero-order chi connectivity index (χ0) is 10.6. The lowest BCUT2D eigenvalue weighted by Crippen LogP contribution is -2.43. The third-order valence-electron chi connectivity index (χ3n) is 2.66. The molecule has 1 rings (SSSR count). The van der Waals surface area contributed by atoms with Crippen LogP contribution in [-0.4, -0.2) is 25.8 Å². The molecule has 0 spiro atoms. The summed E-state index contributed by atoms with van der Waals surface area (Å²) >= 11 is 0. The van der Waals surface area contributed by atoms with Crippen LogP contribution in [0, 0.1) is 17.8 Å². The van der Waals surface area contributed by atoms with Crippen molar-refractivity contribution in [3.05, 3.63) is 0 Å². The Morgan fingerprint density at radius 3 is 2.71 bits per heavy atom. The third kappa shape index (κ3) is 2.27. The molecule has 0 unspecified atom stereocenters. The number of esters is 1. The summed E-state index contributed by atoms with van der Waals surface area (Å²) in [4.78, 5) is 11.1. The summed E-state index contributed by atoms with van der Waals surface area (Å²) in [6, 6.07) is 0. The number of carbonyl (C=O) groups excluding carboxylic acids is 1. The molecule has 78 valence electrons. The van der Waals surface area contributed by atoms with Gasteiger partial charge in [-0.15, -0.1) is 6.42 Å². The summed E-state index contributed by atoms with van der Waals surface area (Å²) in [5.74, 6) is 2.45. The number of rotatable bonds is 4. The van der Waals surface area contributed by atoms with Crippen molar-refractivity contribution in [2.24, 2.45) is 5.41 Å². The zero-order valence-electron chi connectivity index (χ0n) is 8.71. The van der Waals surface area contributed by atoms with E-state index < -0.39 is 0 Å². The van der Waals surface area contributed by atoms with E-state index in [-0.39, 0.29) is 17.5 Å². The van der Waals surface area contributed by atoms with E-state index in [9.17, 15) is 4.79 Å².